The average molecular weight is 346 g/mol. The van der Waals surface area contributed by atoms with Crippen molar-refractivity contribution in [2.45, 2.75) is 38.1 Å². The van der Waals surface area contributed by atoms with Crippen LogP contribution in [0.2, 0.25) is 0 Å². The minimum atomic E-state index is -3.56. The van der Waals surface area contributed by atoms with Gasteiger partial charge in [0, 0.05) is 24.8 Å². The van der Waals surface area contributed by atoms with Gasteiger partial charge in [0.25, 0.3) is 0 Å². The Balaban J connectivity index is 1.75. The van der Waals surface area contributed by atoms with E-state index in [2.05, 4.69) is 19.6 Å². The minimum Gasteiger partial charge on any atom is -0.357 e. The van der Waals surface area contributed by atoms with E-state index in [9.17, 15) is 8.42 Å². The van der Waals surface area contributed by atoms with Crippen LogP contribution in [0, 0.1) is 13.8 Å². The molecule has 1 aromatic carbocycles. The fourth-order valence-corrected chi connectivity index (χ4v) is 3.74. The molecule has 0 radical (unpaired) electrons. The van der Waals surface area contributed by atoms with Gasteiger partial charge in [0.1, 0.15) is 11.6 Å². The van der Waals surface area contributed by atoms with Crippen LogP contribution in [0.1, 0.15) is 29.9 Å². The van der Waals surface area contributed by atoms with Crippen LogP contribution >= 0.6 is 0 Å². The van der Waals surface area contributed by atoms with Gasteiger partial charge in [0.2, 0.25) is 10.0 Å². The van der Waals surface area contributed by atoms with Crippen molar-refractivity contribution in [1.29, 1.82) is 0 Å². The van der Waals surface area contributed by atoms with E-state index in [0.29, 0.717) is 5.82 Å². The van der Waals surface area contributed by atoms with Crippen molar-refractivity contribution in [3.05, 3.63) is 47.4 Å². The van der Waals surface area contributed by atoms with Crippen molar-refractivity contribution in [3.63, 3.8) is 0 Å². The summed E-state index contributed by atoms with van der Waals surface area (Å²) in [4.78, 5) is 11.3. The lowest BCUT2D eigenvalue weighted by Crippen LogP contribution is -2.26. The van der Waals surface area contributed by atoms with Crippen LogP contribution in [-0.2, 0) is 16.6 Å². The molecular formula is C17H22N4O2S. The Kier molecular flexibility index (Phi) is 4.82. The number of nitrogens with zero attached hydrogens (tertiary/aromatic N) is 3. The fourth-order valence-electron chi connectivity index (χ4n) is 2.76. The summed E-state index contributed by atoms with van der Waals surface area (Å²) in [6.45, 7) is 5.89. The minimum absolute atomic E-state index is 0.0821. The number of nitrogens with one attached hydrogen (secondary N) is 1. The first-order chi connectivity index (χ1) is 11.4. The first-order valence-electron chi connectivity index (χ1n) is 8.10. The standard InChI is InChI=1S/C17H22N4O2S/c1-13-5-7-15(8-6-13)24(22,23)18-12-16-19-14(2)11-17(20-16)21-9-3-4-10-21/h5-8,11,18H,3-4,9-10,12H2,1-2H3. The van der Waals surface area contributed by atoms with Crippen molar-refractivity contribution in [2.75, 3.05) is 18.0 Å². The zero-order chi connectivity index (χ0) is 17.2. The number of rotatable bonds is 5. The third-order valence-corrected chi connectivity index (χ3v) is 5.49. The number of sulfonamides is 1. The SMILES string of the molecule is Cc1ccc(S(=O)(=O)NCc2nc(C)cc(N3CCCC3)n2)cc1. The molecule has 2 heterocycles. The maximum absolute atomic E-state index is 12.4. The quantitative estimate of drug-likeness (QED) is 0.898. The average Bonchev–Trinajstić information content (AvgIpc) is 3.07. The number of benzene rings is 1. The monoisotopic (exact) mass is 346 g/mol. The van der Waals surface area contributed by atoms with Crippen LogP contribution in [0.3, 0.4) is 0 Å². The number of hydrogen-bond acceptors (Lipinski definition) is 5. The summed E-state index contributed by atoms with van der Waals surface area (Å²) in [6, 6.07) is 8.71. The molecule has 1 aliphatic heterocycles. The Morgan fingerprint density at radius 3 is 2.42 bits per heavy atom. The van der Waals surface area contributed by atoms with Gasteiger partial charge in [-0.15, -0.1) is 0 Å². The van der Waals surface area contributed by atoms with Gasteiger partial charge in [-0.3, -0.25) is 0 Å². The normalized spacial score (nSPS) is 15.0. The van der Waals surface area contributed by atoms with E-state index >= 15 is 0 Å². The van der Waals surface area contributed by atoms with Gasteiger partial charge in [0.05, 0.1) is 11.4 Å². The molecule has 0 spiro atoms. The Morgan fingerprint density at radius 1 is 1.08 bits per heavy atom. The van der Waals surface area contributed by atoms with E-state index in [1.54, 1.807) is 24.3 Å². The van der Waals surface area contributed by atoms with E-state index in [4.69, 9.17) is 0 Å². The molecule has 6 nitrogen and oxygen atoms in total. The van der Waals surface area contributed by atoms with Crippen molar-refractivity contribution in [3.8, 4) is 0 Å². The van der Waals surface area contributed by atoms with Gasteiger partial charge in [-0.1, -0.05) is 17.7 Å². The number of aromatic nitrogens is 2. The van der Waals surface area contributed by atoms with E-state index in [1.807, 2.05) is 19.9 Å². The highest BCUT2D eigenvalue weighted by atomic mass is 32.2. The molecule has 0 bridgehead atoms. The van der Waals surface area contributed by atoms with Crippen LogP contribution in [0.25, 0.3) is 0 Å². The van der Waals surface area contributed by atoms with Crippen molar-refractivity contribution < 1.29 is 8.42 Å². The van der Waals surface area contributed by atoms with Gasteiger partial charge < -0.3 is 4.90 Å². The Hall–Kier alpha value is -1.99. The predicted octanol–water partition coefficient (Wildman–Crippen LogP) is 2.17. The fraction of sp³-hybridized carbons (Fsp3) is 0.412. The van der Waals surface area contributed by atoms with Gasteiger partial charge in [0.15, 0.2) is 0 Å². The van der Waals surface area contributed by atoms with Gasteiger partial charge in [-0.05, 0) is 38.8 Å². The second-order valence-corrected chi connectivity index (χ2v) is 7.88. The van der Waals surface area contributed by atoms with Crippen LogP contribution in [0.5, 0.6) is 0 Å². The molecule has 0 unspecified atom stereocenters. The third-order valence-electron chi connectivity index (χ3n) is 4.07. The van der Waals surface area contributed by atoms with Crippen LogP contribution in [0.15, 0.2) is 35.2 Å². The molecule has 1 fully saturated rings. The van der Waals surface area contributed by atoms with E-state index in [0.717, 1.165) is 30.2 Å². The smallest absolute Gasteiger partial charge is 0.240 e. The third kappa shape index (κ3) is 3.91. The molecule has 1 N–H and O–H groups in total. The van der Waals surface area contributed by atoms with Crippen LogP contribution < -0.4 is 9.62 Å². The molecule has 2 aromatic rings. The number of anilines is 1. The molecule has 24 heavy (non-hydrogen) atoms. The summed E-state index contributed by atoms with van der Waals surface area (Å²) in [5, 5.41) is 0. The Labute approximate surface area is 143 Å². The Bertz CT molecular complexity index is 813. The highest BCUT2D eigenvalue weighted by Gasteiger charge is 2.17. The van der Waals surface area contributed by atoms with Crippen molar-refractivity contribution >= 4 is 15.8 Å². The molecule has 1 aliphatic rings. The number of aryl methyl sites for hydroxylation is 2. The lowest BCUT2D eigenvalue weighted by Gasteiger charge is -2.17. The zero-order valence-electron chi connectivity index (χ0n) is 14.0. The van der Waals surface area contributed by atoms with Gasteiger partial charge in [-0.25, -0.2) is 23.1 Å². The molecule has 0 saturated carbocycles. The lowest BCUT2D eigenvalue weighted by atomic mass is 10.2. The molecule has 0 aliphatic carbocycles. The zero-order valence-corrected chi connectivity index (χ0v) is 14.8. The predicted molar refractivity (Wildman–Crippen MR) is 93.4 cm³/mol. The highest BCUT2D eigenvalue weighted by Crippen LogP contribution is 2.18. The first kappa shape index (κ1) is 16.9. The maximum atomic E-state index is 12.4. The molecule has 0 atom stereocenters. The molecular weight excluding hydrogens is 324 g/mol. The summed E-state index contributed by atoms with van der Waals surface area (Å²) in [7, 11) is -3.56. The topological polar surface area (TPSA) is 75.2 Å². The summed E-state index contributed by atoms with van der Waals surface area (Å²) in [6.07, 6.45) is 2.33. The van der Waals surface area contributed by atoms with Crippen molar-refractivity contribution in [1.82, 2.24) is 14.7 Å². The van der Waals surface area contributed by atoms with E-state index < -0.39 is 10.0 Å². The Morgan fingerprint density at radius 2 is 1.75 bits per heavy atom. The second kappa shape index (κ2) is 6.86. The maximum Gasteiger partial charge on any atom is 0.240 e. The first-order valence-corrected chi connectivity index (χ1v) is 9.58. The van der Waals surface area contributed by atoms with Crippen molar-refractivity contribution in [2.24, 2.45) is 0 Å². The van der Waals surface area contributed by atoms with E-state index in [-0.39, 0.29) is 11.4 Å². The molecule has 1 aromatic heterocycles. The highest BCUT2D eigenvalue weighted by molar-refractivity contribution is 7.89. The largest absolute Gasteiger partial charge is 0.357 e. The molecule has 0 amide bonds. The molecule has 1 saturated heterocycles. The van der Waals surface area contributed by atoms with Crippen LogP contribution in [0.4, 0.5) is 5.82 Å². The summed E-state index contributed by atoms with van der Waals surface area (Å²) < 4.78 is 27.3. The lowest BCUT2D eigenvalue weighted by molar-refractivity contribution is 0.579. The summed E-state index contributed by atoms with van der Waals surface area (Å²) in [5.74, 6) is 1.37. The summed E-state index contributed by atoms with van der Waals surface area (Å²) in [5.41, 5.74) is 1.86. The van der Waals surface area contributed by atoms with Gasteiger partial charge in [-0.2, -0.15) is 0 Å². The molecule has 7 heteroatoms. The summed E-state index contributed by atoms with van der Waals surface area (Å²) >= 11 is 0. The number of hydrogen-bond donors (Lipinski definition) is 1. The van der Waals surface area contributed by atoms with Gasteiger partial charge >= 0.3 is 0 Å². The van der Waals surface area contributed by atoms with Crippen LogP contribution in [-0.4, -0.2) is 31.5 Å². The molecule has 3 rings (SSSR count). The second-order valence-electron chi connectivity index (χ2n) is 6.12. The van der Waals surface area contributed by atoms with E-state index in [1.165, 1.54) is 12.8 Å². The molecule has 128 valence electrons.